The fourth-order valence-electron chi connectivity index (χ4n) is 3.79. The molecule has 1 amide bonds. The molecule has 6 nitrogen and oxygen atoms in total. The third-order valence-electron chi connectivity index (χ3n) is 5.54. The van der Waals surface area contributed by atoms with Crippen molar-refractivity contribution in [1.82, 2.24) is 5.32 Å². The number of esters is 1. The van der Waals surface area contributed by atoms with E-state index >= 15 is 0 Å². The van der Waals surface area contributed by atoms with Gasteiger partial charge in [0.05, 0.1) is 0 Å². The number of aliphatic hydroxyl groups excluding tert-OH is 1. The monoisotopic (exact) mass is 409 g/mol. The third kappa shape index (κ3) is 3.52. The molecule has 0 fully saturated rings. The average Bonchev–Trinajstić information content (AvgIpc) is 2.96. The molecule has 0 spiro atoms. The Kier molecular flexibility index (Phi) is 6.08. The Bertz CT molecular complexity index is 997. The molecule has 1 aliphatic carbocycles. The molecule has 2 unspecified atom stereocenters. The molecule has 0 heterocycles. The second-order valence-electron chi connectivity index (χ2n) is 7.77. The molecule has 0 saturated carbocycles. The first-order valence-corrected chi connectivity index (χ1v) is 10.2. The Labute approximate surface area is 176 Å². The van der Waals surface area contributed by atoms with Gasteiger partial charge < -0.3 is 15.2 Å². The Morgan fingerprint density at radius 3 is 2.43 bits per heavy atom. The minimum absolute atomic E-state index is 0.131. The smallest absolute Gasteiger partial charge is 0.310 e. The molecule has 2 aromatic carbocycles. The number of carbonyl (C=O) groups excluding carboxylic acids is 3. The number of aliphatic hydroxyl groups is 1. The lowest BCUT2D eigenvalue weighted by molar-refractivity contribution is -0.134. The molecule has 0 saturated heterocycles. The van der Waals surface area contributed by atoms with Gasteiger partial charge in [-0.3, -0.25) is 14.4 Å². The fraction of sp³-hybridized carbons (Fsp3) is 0.375. The molecular weight excluding hydrogens is 382 g/mol. The number of fused-ring (bicyclic) bond motifs is 1. The number of Topliss-reactive ketones (excluding diaryl/α,β-unsaturated/α-hetero) is 1. The minimum atomic E-state index is -1.77. The van der Waals surface area contributed by atoms with Gasteiger partial charge in [-0.1, -0.05) is 64.1 Å². The predicted molar refractivity (Wildman–Crippen MR) is 112 cm³/mol. The Morgan fingerprint density at radius 2 is 1.83 bits per heavy atom. The van der Waals surface area contributed by atoms with E-state index in [9.17, 15) is 19.5 Å². The highest BCUT2D eigenvalue weighted by Gasteiger charge is 2.56. The zero-order valence-electron chi connectivity index (χ0n) is 17.7. The highest BCUT2D eigenvalue weighted by Crippen LogP contribution is 2.49. The number of nitrogens with one attached hydrogen (secondary N) is 1. The van der Waals surface area contributed by atoms with E-state index in [4.69, 9.17) is 4.74 Å². The number of ketones is 1. The third-order valence-corrected chi connectivity index (χ3v) is 5.54. The van der Waals surface area contributed by atoms with Crippen molar-refractivity contribution >= 4 is 17.7 Å². The van der Waals surface area contributed by atoms with E-state index in [1.54, 1.807) is 50.2 Å². The SMILES string of the molecule is CCC(=O)NC1(c2ccc(C(C)C)cc2OC(=O)CC)C(=O)c2ccccc2C1O. The van der Waals surface area contributed by atoms with Gasteiger partial charge in [0.25, 0.3) is 0 Å². The summed E-state index contributed by atoms with van der Waals surface area (Å²) in [6.45, 7) is 7.34. The van der Waals surface area contributed by atoms with Crippen molar-refractivity contribution in [3.8, 4) is 5.75 Å². The Morgan fingerprint density at radius 1 is 1.13 bits per heavy atom. The topological polar surface area (TPSA) is 92.7 Å². The molecule has 3 rings (SSSR count). The largest absolute Gasteiger partial charge is 0.426 e. The standard InChI is InChI=1S/C24H27NO5/c1-5-20(26)25-24(22(28)16-9-7-8-10-17(16)23(24)29)18-12-11-15(14(3)4)13-19(18)30-21(27)6-2/h7-14,22,28H,5-6H2,1-4H3,(H,25,26). The molecule has 158 valence electrons. The molecule has 0 aliphatic heterocycles. The lowest BCUT2D eigenvalue weighted by atomic mass is 9.81. The molecule has 2 aromatic rings. The van der Waals surface area contributed by atoms with Crippen LogP contribution in [0.2, 0.25) is 0 Å². The van der Waals surface area contributed by atoms with Crippen molar-refractivity contribution in [3.63, 3.8) is 0 Å². The van der Waals surface area contributed by atoms with Gasteiger partial charge in [-0.25, -0.2) is 0 Å². The van der Waals surface area contributed by atoms with E-state index in [0.717, 1.165) is 5.56 Å². The molecule has 0 bridgehead atoms. The minimum Gasteiger partial charge on any atom is -0.426 e. The van der Waals surface area contributed by atoms with E-state index in [2.05, 4.69) is 5.32 Å². The Balaban J connectivity index is 2.27. The van der Waals surface area contributed by atoms with Crippen molar-refractivity contribution in [1.29, 1.82) is 0 Å². The fourth-order valence-corrected chi connectivity index (χ4v) is 3.79. The summed E-state index contributed by atoms with van der Waals surface area (Å²) < 4.78 is 5.58. The molecule has 6 heteroatoms. The van der Waals surface area contributed by atoms with Gasteiger partial charge in [0.1, 0.15) is 11.9 Å². The summed E-state index contributed by atoms with van der Waals surface area (Å²) in [7, 11) is 0. The molecule has 30 heavy (non-hydrogen) atoms. The normalized spacial score (nSPS) is 20.2. The van der Waals surface area contributed by atoms with Gasteiger partial charge in [0.2, 0.25) is 5.91 Å². The highest BCUT2D eigenvalue weighted by molar-refractivity contribution is 6.11. The first-order chi connectivity index (χ1) is 14.3. The second-order valence-corrected chi connectivity index (χ2v) is 7.77. The number of hydrogen-bond acceptors (Lipinski definition) is 5. The summed E-state index contributed by atoms with van der Waals surface area (Å²) in [6.07, 6.45) is -1.04. The van der Waals surface area contributed by atoms with E-state index in [0.29, 0.717) is 11.1 Å². The van der Waals surface area contributed by atoms with Crippen molar-refractivity contribution in [2.75, 3.05) is 0 Å². The first kappa shape index (κ1) is 21.7. The van der Waals surface area contributed by atoms with Crippen molar-refractivity contribution in [2.45, 2.75) is 58.1 Å². The quantitative estimate of drug-likeness (QED) is 0.560. The number of hydrogen-bond donors (Lipinski definition) is 2. The Hall–Kier alpha value is -2.99. The summed E-state index contributed by atoms with van der Waals surface area (Å²) in [6, 6.07) is 11.9. The van der Waals surface area contributed by atoms with E-state index in [-0.39, 0.29) is 30.1 Å². The maximum Gasteiger partial charge on any atom is 0.310 e. The van der Waals surface area contributed by atoms with Crippen LogP contribution in [-0.2, 0) is 15.1 Å². The van der Waals surface area contributed by atoms with Gasteiger partial charge in [0.15, 0.2) is 11.3 Å². The van der Waals surface area contributed by atoms with E-state index < -0.39 is 29.3 Å². The van der Waals surface area contributed by atoms with Crippen LogP contribution >= 0.6 is 0 Å². The summed E-state index contributed by atoms with van der Waals surface area (Å²) in [5, 5.41) is 14.0. The first-order valence-electron chi connectivity index (χ1n) is 10.2. The van der Waals surface area contributed by atoms with Crippen molar-refractivity contribution in [2.24, 2.45) is 0 Å². The summed E-state index contributed by atoms with van der Waals surface area (Å²) in [4.78, 5) is 38.2. The van der Waals surface area contributed by atoms with Crippen LogP contribution in [0.25, 0.3) is 0 Å². The molecule has 0 radical (unpaired) electrons. The van der Waals surface area contributed by atoms with Crippen LogP contribution in [0.15, 0.2) is 42.5 Å². The lowest BCUT2D eigenvalue weighted by Crippen LogP contribution is -2.52. The van der Waals surface area contributed by atoms with E-state index in [1.807, 2.05) is 19.9 Å². The predicted octanol–water partition coefficient (Wildman–Crippen LogP) is 3.78. The zero-order valence-corrected chi connectivity index (χ0v) is 17.7. The average molecular weight is 409 g/mol. The van der Waals surface area contributed by atoms with Gasteiger partial charge >= 0.3 is 5.97 Å². The number of amides is 1. The van der Waals surface area contributed by atoms with Crippen LogP contribution in [0.3, 0.4) is 0 Å². The van der Waals surface area contributed by atoms with Crippen LogP contribution in [0, 0.1) is 0 Å². The lowest BCUT2D eigenvalue weighted by Gasteiger charge is -2.34. The molecule has 2 N–H and O–H groups in total. The number of rotatable bonds is 6. The van der Waals surface area contributed by atoms with Gasteiger partial charge in [0, 0.05) is 24.0 Å². The number of benzene rings is 2. The van der Waals surface area contributed by atoms with Crippen LogP contribution < -0.4 is 10.1 Å². The maximum absolute atomic E-state index is 13.6. The van der Waals surface area contributed by atoms with Crippen molar-refractivity contribution in [3.05, 3.63) is 64.7 Å². The zero-order chi connectivity index (χ0) is 22.1. The number of carbonyl (C=O) groups is 3. The summed E-state index contributed by atoms with van der Waals surface area (Å²) in [5.74, 6) is -0.966. The number of ether oxygens (including phenoxy) is 1. The summed E-state index contributed by atoms with van der Waals surface area (Å²) in [5.41, 5.74) is 0.174. The van der Waals surface area contributed by atoms with Gasteiger partial charge in [-0.15, -0.1) is 0 Å². The second kappa shape index (κ2) is 8.40. The maximum atomic E-state index is 13.6. The van der Waals surface area contributed by atoms with Crippen LogP contribution in [0.5, 0.6) is 5.75 Å². The molecular formula is C24H27NO5. The van der Waals surface area contributed by atoms with Crippen LogP contribution in [0.4, 0.5) is 0 Å². The summed E-state index contributed by atoms with van der Waals surface area (Å²) >= 11 is 0. The van der Waals surface area contributed by atoms with Crippen LogP contribution in [0.1, 0.15) is 79.6 Å². The highest BCUT2D eigenvalue weighted by atomic mass is 16.5. The van der Waals surface area contributed by atoms with Crippen molar-refractivity contribution < 1.29 is 24.2 Å². The van der Waals surface area contributed by atoms with Gasteiger partial charge in [-0.05, 0) is 23.1 Å². The van der Waals surface area contributed by atoms with E-state index in [1.165, 1.54) is 0 Å². The molecule has 1 aliphatic rings. The molecule has 2 atom stereocenters. The molecule has 0 aromatic heterocycles. The van der Waals surface area contributed by atoms with Crippen LogP contribution in [-0.4, -0.2) is 22.8 Å². The van der Waals surface area contributed by atoms with Gasteiger partial charge in [-0.2, -0.15) is 0 Å².